The van der Waals surface area contributed by atoms with Crippen LogP contribution in [0.3, 0.4) is 0 Å². The molecule has 0 radical (unpaired) electrons. The lowest BCUT2D eigenvalue weighted by Gasteiger charge is -2.21. The fourth-order valence-corrected chi connectivity index (χ4v) is 3.96. The molecule has 0 aliphatic carbocycles. The molecule has 0 bridgehead atoms. The SMILES string of the molecule is COc1cc2c(cc1Br)CC(C)N(C(C)=O)N=C2c1ccc([N+](=O)[O-])c(C)c1. The van der Waals surface area contributed by atoms with Crippen molar-refractivity contribution in [1.82, 2.24) is 5.01 Å². The fraction of sp³-hybridized carbons (Fsp3) is 0.300. The number of carbonyl (C=O) groups excluding carboxylic acids is 1. The molecule has 7 nitrogen and oxygen atoms in total. The zero-order chi connectivity index (χ0) is 20.6. The van der Waals surface area contributed by atoms with Crippen LogP contribution in [0.2, 0.25) is 0 Å². The molecule has 1 atom stereocenters. The lowest BCUT2D eigenvalue weighted by Crippen LogP contribution is -2.33. The highest BCUT2D eigenvalue weighted by molar-refractivity contribution is 9.10. The van der Waals surface area contributed by atoms with Crippen LogP contribution >= 0.6 is 15.9 Å². The smallest absolute Gasteiger partial charge is 0.272 e. The van der Waals surface area contributed by atoms with E-state index in [2.05, 4.69) is 21.0 Å². The zero-order valence-electron chi connectivity index (χ0n) is 16.0. The number of amides is 1. The van der Waals surface area contributed by atoms with E-state index < -0.39 is 4.92 Å². The van der Waals surface area contributed by atoms with Gasteiger partial charge in [0.05, 0.1) is 28.3 Å². The number of nitro groups is 1. The van der Waals surface area contributed by atoms with E-state index in [-0.39, 0.29) is 17.6 Å². The maximum atomic E-state index is 12.2. The van der Waals surface area contributed by atoms with E-state index in [1.165, 1.54) is 18.0 Å². The summed E-state index contributed by atoms with van der Waals surface area (Å²) in [7, 11) is 1.58. The molecule has 0 N–H and O–H groups in total. The van der Waals surface area contributed by atoms with Crippen LogP contribution in [0.25, 0.3) is 0 Å². The van der Waals surface area contributed by atoms with Gasteiger partial charge in [0.15, 0.2) is 0 Å². The summed E-state index contributed by atoms with van der Waals surface area (Å²) < 4.78 is 6.26. The molecule has 2 aromatic rings. The van der Waals surface area contributed by atoms with Crippen LogP contribution in [0.4, 0.5) is 5.69 Å². The molecular formula is C20H20BrN3O4. The van der Waals surface area contributed by atoms with Crippen LogP contribution in [0.15, 0.2) is 39.9 Å². The van der Waals surface area contributed by atoms with Crippen molar-refractivity contribution < 1.29 is 14.5 Å². The van der Waals surface area contributed by atoms with Gasteiger partial charge in [0.25, 0.3) is 5.69 Å². The van der Waals surface area contributed by atoms with Crippen LogP contribution < -0.4 is 4.74 Å². The molecule has 2 aromatic carbocycles. The summed E-state index contributed by atoms with van der Waals surface area (Å²) in [6, 6.07) is 8.58. The molecule has 0 saturated carbocycles. The van der Waals surface area contributed by atoms with Crippen molar-refractivity contribution in [1.29, 1.82) is 0 Å². The highest BCUT2D eigenvalue weighted by Crippen LogP contribution is 2.33. The summed E-state index contributed by atoms with van der Waals surface area (Å²) >= 11 is 3.52. The Kier molecular flexibility index (Phi) is 5.51. The van der Waals surface area contributed by atoms with Gasteiger partial charge in [-0.05, 0) is 66.0 Å². The van der Waals surface area contributed by atoms with Gasteiger partial charge in [-0.3, -0.25) is 14.9 Å². The molecule has 146 valence electrons. The summed E-state index contributed by atoms with van der Waals surface area (Å²) in [4.78, 5) is 22.9. The van der Waals surface area contributed by atoms with Crippen LogP contribution in [0.1, 0.15) is 36.1 Å². The van der Waals surface area contributed by atoms with Crippen molar-refractivity contribution in [3.05, 3.63) is 67.2 Å². The van der Waals surface area contributed by atoms with Gasteiger partial charge in [-0.1, -0.05) is 0 Å². The molecule has 1 unspecified atom stereocenters. The number of hydrogen-bond acceptors (Lipinski definition) is 5. The molecule has 1 aliphatic heterocycles. The van der Waals surface area contributed by atoms with Crippen molar-refractivity contribution in [2.75, 3.05) is 7.11 Å². The summed E-state index contributed by atoms with van der Waals surface area (Å²) in [6.45, 7) is 5.11. The number of nitro benzene ring substituents is 1. The molecule has 28 heavy (non-hydrogen) atoms. The average molecular weight is 446 g/mol. The first kappa shape index (κ1) is 20.0. The predicted molar refractivity (Wildman–Crippen MR) is 110 cm³/mol. The van der Waals surface area contributed by atoms with Crippen molar-refractivity contribution in [2.45, 2.75) is 33.2 Å². The van der Waals surface area contributed by atoms with Crippen LogP contribution in [0, 0.1) is 17.0 Å². The number of benzene rings is 2. The first-order chi connectivity index (χ1) is 13.2. The highest BCUT2D eigenvalue weighted by Gasteiger charge is 2.27. The van der Waals surface area contributed by atoms with Crippen LogP contribution in [0.5, 0.6) is 5.75 Å². The van der Waals surface area contributed by atoms with Gasteiger partial charge in [-0.2, -0.15) is 5.10 Å². The number of fused-ring (bicyclic) bond motifs is 1. The van der Waals surface area contributed by atoms with E-state index in [1.54, 1.807) is 26.2 Å². The normalized spacial score (nSPS) is 16.1. The topological polar surface area (TPSA) is 85.0 Å². The van der Waals surface area contributed by atoms with Gasteiger partial charge < -0.3 is 4.74 Å². The minimum absolute atomic E-state index is 0.0448. The van der Waals surface area contributed by atoms with Crippen molar-refractivity contribution in [3.8, 4) is 5.75 Å². The molecule has 0 aromatic heterocycles. The molecule has 0 fully saturated rings. The quantitative estimate of drug-likeness (QED) is 0.522. The Labute approximate surface area is 171 Å². The third-order valence-electron chi connectivity index (χ3n) is 4.76. The van der Waals surface area contributed by atoms with E-state index in [4.69, 9.17) is 4.74 Å². The fourth-order valence-electron chi connectivity index (χ4n) is 3.41. The van der Waals surface area contributed by atoms with Gasteiger partial charge in [-0.25, -0.2) is 5.01 Å². The first-order valence-corrected chi connectivity index (χ1v) is 9.52. The summed E-state index contributed by atoms with van der Waals surface area (Å²) in [6.07, 6.45) is 0.621. The van der Waals surface area contributed by atoms with Crippen LogP contribution in [-0.2, 0) is 11.2 Å². The zero-order valence-corrected chi connectivity index (χ0v) is 17.6. The minimum Gasteiger partial charge on any atom is -0.496 e. The lowest BCUT2D eigenvalue weighted by atomic mass is 9.93. The van der Waals surface area contributed by atoms with Crippen molar-refractivity contribution >= 4 is 33.2 Å². The Morgan fingerprint density at radius 3 is 2.64 bits per heavy atom. The molecule has 1 aliphatic rings. The molecular weight excluding hydrogens is 426 g/mol. The Balaban J connectivity index is 2.26. The van der Waals surface area contributed by atoms with E-state index >= 15 is 0 Å². The molecule has 0 spiro atoms. The largest absolute Gasteiger partial charge is 0.496 e. The maximum absolute atomic E-state index is 12.2. The number of hydrogen-bond donors (Lipinski definition) is 0. The molecule has 1 amide bonds. The summed E-state index contributed by atoms with van der Waals surface area (Å²) in [5.74, 6) is 0.483. The van der Waals surface area contributed by atoms with E-state index in [0.717, 1.165) is 15.6 Å². The van der Waals surface area contributed by atoms with Gasteiger partial charge in [-0.15, -0.1) is 0 Å². The number of ether oxygens (including phenoxy) is 1. The number of nitrogens with zero attached hydrogens (tertiary/aromatic N) is 3. The standard InChI is InChI=1S/C20H20BrN3O4/c1-11-7-14(5-6-18(11)24(26)27)20-16-10-19(28-4)17(21)9-15(16)8-12(2)23(22-20)13(3)25/h5-7,9-10,12H,8H2,1-4H3. The Morgan fingerprint density at radius 1 is 1.36 bits per heavy atom. The number of rotatable bonds is 3. The van der Waals surface area contributed by atoms with Crippen molar-refractivity contribution in [2.24, 2.45) is 5.10 Å². The number of carbonyl (C=O) groups is 1. The van der Waals surface area contributed by atoms with Gasteiger partial charge in [0, 0.05) is 29.7 Å². The van der Waals surface area contributed by atoms with Gasteiger partial charge >= 0.3 is 0 Å². The van der Waals surface area contributed by atoms with E-state index in [0.29, 0.717) is 29.0 Å². The minimum atomic E-state index is -0.411. The van der Waals surface area contributed by atoms with E-state index in [1.807, 2.05) is 19.1 Å². The molecule has 1 heterocycles. The second-order valence-electron chi connectivity index (χ2n) is 6.77. The molecule has 3 rings (SSSR count). The number of aryl methyl sites for hydroxylation is 1. The highest BCUT2D eigenvalue weighted by atomic mass is 79.9. The number of methoxy groups -OCH3 is 1. The Bertz CT molecular complexity index is 1000. The predicted octanol–water partition coefficient (Wildman–Crippen LogP) is 4.22. The number of hydrazone groups is 1. The Morgan fingerprint density at radius 2 is 2.07 bits per heavy atom. The van der Waals surface area contributed by atoms with Crippen LogP contribution in [-0.4, -0.2) is 34.7 Å². The second kappa shape index (κ2) is 7.71. The van der Waals surface area contributed by atoms with E-state index in [9.17, 15) is 14.9 Å². The van der Waals surface area contributed by atoms with Gasteiger partial charge in [0.2, 0.25) is 5.91 Å². The first-order valence-electron chi connectivity index (χ1n) is 8.73. The van der Waals surface area contributed by atoms with Gasteiger partial charge in [0.1, 0.15) is 5.75 Å². The lowest BCUT2D eigenvalue weighted by molar-refractivity contribution is -0.385. The summed E-state index contributed by atoms with van der Waals surface area (Å²) in [5.41, 5.74) is 3.71. The summed E-state index contributed by atoms with van der Waals surface area (Å²) in [5, 5.41) is 17.3. The number of halogens is 1. The third kappa shape index (κ3) is 3.64. The second-order valence-corrected chi connectivity index (χ2v) is 7.62. The van der Waals surface area contributed by atoms with Crippen molar-refractivity contribution in [3.63, 3.8) is 0 Å². The Hall–Kier alpha value is -2.74. The third-order valence-corrected chi connectivity index (χ3v) is 5.38. The molecule has 0 saturated heterocycles. The maximum Gasteiger partial charge on any atom is 0.272 e. The monoisotopic (exact) mass is 445 g/mol. The molecule has 8 heteroatoms. The average Bonchev–Trinajstić information content (AvgIpc) is 2.76.